The minimum absolute atomic E-state index is 0. The van der Waals surface area contributed by atoms with Gasteiger partial charge < -0.3 is 18.9 Å². The van der Waals surface area contributed by atoms with Gasteiger partial charge in [-0.05, 0) is 38.2 Å². The summed E-state index contributed by atoms with van der Waals surface area (Å²) in [6.07, 6.45) is 11.8. The summed E-state index contributed by atoms with van der Waals surface area (Å²) in [7, 11) is 6.73. The summed E-state index contributed by atoms with van der Waals surface area (Å²) in [5, 5.41) is 1.91. The number of benzene rings is 2. The Kier molecular flexibility index (Phi) is 12.8. The van der Waals surface area contributed by atoms with Gasteiger partial charge in [0.2, 0.25) is 0 Å². The molecule has 198 valence electrons. The van der Waals surface area contributed by atoms with E-state index in [4.69, 9.17) is 23.8 Å². The van der Waals surface area contributed by atoms with Gasteiger partial charge in [0.1, 0.15) is 17.2 Å². The SMILES string of the molecule is CCCCCC1=CCc2c(OC)cc(Oc3c(CCCCC)cc(OC)cc3OC)cc2N1OC.[SnH2]. The standard InChI is InChI=1S/C29H41NO5.Sn.2H/c1-7-9-11-13-21-17-23(31-3)19-28(33-5)29(21)35-24-18-26-25(27(20-24)32-4)16-15-22(30(26)34-6)14-12-10-8-2;;;/h15,17-20H,7-14,16H2,1-6H3;;;. The molecule has 0 saturated heterocycles. The Morgan fingerprint density at radius 3 is 2.03 bits per heavy atom. The van der Waals surface area contributed by atoms with Gasteiger partial charge in [-0.25, -0.2) is 5.06 Å². The van der Waals surface area contributed by atoms with Crippen LogP contribution in [0.2, 0.25) is 0 Å². The van der Waals surface area contributed by atoms with Gasteiger partial charge in [-0.3, -0.25) is 4.84 Å². The molecule has 0 amide bonds. The molecule has 6 nitrogen and oxygen atoms in total. The predicted octanol–water partition coefficient (Wildman–Crippen LogP) is 6.71. The first-order valence-corrected chi connectivity index (χ1v) is 12.8. The maximum absolute atomic E-state index is 6.53. The van der Waals surface area contributed by atoms with Crippen molar-refractivity contribution < 1.29 is 23.8 Å². The molecule has 1 heterocycles. The monoisotopic (exact) mass is 605 g/mol. The Balaban J connectivity index is 0.00000456. The van der Waals surface area contributed by atoms with Crippen molar-refractivity contribution in [2.45, 2.75) is 71.6 Å². The van der Waals surface area contributed by atoms with Crippen molar-refractivity contribution >= 4 is 29.6 Å². The number of ether oxygens (including phenoxy) is 4. The van der Waals surface area contributed by atoms with Crippen LogP contribution in [-0.4, -0.2) is 52.3 Å². The van der Waals surface area contributed by atoms with Crippen LogP contribution in [0, 0.1) is 0 Å². The molecule has 0 spiro atoms. The quantitative estimate of drug-likeness (QED) is 0.177. The summed E-state index contributed by atoms with van der Waals surface area (Å²) >= 11 is 0. The summed E-state index contributed by atoms with van der Waals surface area (Å²) in [5.74, 6) is 3.58. The van der Waals surface area contributed by atoms with Gasteiger partial charge in [-0.1, -0.05) is 45.6 Å². The molecule has 7 heteroatoms. The second-order valence-corrected chi connectivity index (χ2v) is 8.83. The van der Waals surface area contributed by atoms with Gasteiger partial charge in [0.15, 0.2) is 11.5 Å². The van der Waals surface area contributed by atoms with E-state index in [0.29, 0.717) is 17.2 Å². The van der Waals surface area contributed by atoms with Crippen LogP contribution < -0.4 is 24.0 Å². The molecule has 2 aromatic rings. The first-order chi connectivity index (χ1) is 17.1. The van der Waals surface area contributed by atoms with Crippen LogP contribution in [0.25, 0.3) is 0 Å². The minimum atomic E-state index is 0. The van der Waals surface area contributed by atoms with E-state index in [1.54, 1.807) is 28.4 Å². The number of hydrogen-bond donors (Lipinski definition) is 0. The number of nitrogens with zero attached hydrogens (tertiary/aromatic N) is 1. The van der Waals surface area contributed by atoms with Gasteiger partial charge in [-0.2, -0.15) is 0 Å². The van der Waals surface area contributed by atoms with Gasteiger partial charge in [-0.15, -0.1) is 0 Å². The first kappa shape index (κ1) is 30.2. The van der Waals surface area contributed by atoms with Gasteiger partial charge in [0.05, 0.1) is 34.1 Å². The molecule has 1 aliphatic rings. The van der Waals surface area contributed by atoms with Gasteiger partial charge in [0.25, 0.3) is 0 Å². The summed E-state index contributed by atoms with van der Waals surface area (Å²) in [6.45, 7) is 4.42. The molecule has 0 aliphatic carbocycles. The van der Waals surface area contributed by atoms with Gasteiger partial charge >= 0.3 is 23.9 Å². The van der Waals surface area contributed by atoms with Crippen LogP contribution in [0.5, 0.6) is 28.7 Å². The molecule has 36 heavy (non-hydrogen) atoms. The van der Waals surface area contributed by atoms with Crippen LogP contribution in [0.1, 0.15) is 69.9 Å². The summed E-state index contributed by atoms with van der Waals surface area (Å²) in [6, 6.07) is 7.89. The molecular weight excluding hydrogens is 561 g/mol. The van der Waals surface area contributed by atoms with E-state index in [9.17, 15) is 0 Å². The van der Waals surface area contributed by atoms with Crippen molar-refractivity contribution in [3.05, 3.63) is 47.2 Å². The maximum atomic E-state index is 6.53. The topological polar surface area (TPSA) is 49.4 Å². The Hall–Kier alpha value is -2.06. The number of methoxy groups -OCH3 is 3. The van der Waals surface area contributed by atoms with Crippen LogP contribution in [-0.2, 0) is 17.7 Å². The van der Waals surface area contributed by atoms with Crippen molar-refractivity contribution in [2.75, 3.05) is 33.5 Å². The molecule has 0 atom stereocenters. The molecular formula is C29H43NO5Sn. The van der Waals surface area contributed by atoms with Crippen molar-refractivity contribution in [1.29, 1.82) is 0 Å². The van der Waals surface area contributed by atoms with E-state index >= 15 is 0 Å². The molecule has 1 aliphatic heterocycles. The molecule has 0 unspecified atom stereocenters. The van der Waals surface area contributed by atoms with E-state index in [0.717, 1.165) is 73.3 Å². The molecule has 0 saturated carbocycles. The third-order valence-corrected chi connectivity index (χ3v) is 6.45. The third-order valence-electron chi connectivity index (χ3n) is 6.45. The molecule has 0 fully saturated rings. The Labute approximate surface area is 233 Å². The van der Waals surface area contributed by atoms with Crippen LogP contribution in [0.15, 0.2) is 36.0 Å². The zero-order chi connectivity index (χ0) is 25.2. The van der Waals surface area contributed by atoms with Crippen LogP contribution >= 0.6 is 0 Å². The Morgan fingerprint density at radius 2 is 1.42 bits per heavy atom. The molecule has 0 bridgehead atoms. The summed E-state index contributed by atoms with van der Waals surface area (Å²) < 4.78 is 23.5. The van der Waals surface area contributed by atoms with Crippen LogP contribution in [0.4, 0.5) is 5.69 Å². The Bertz CT molecular complexity index is 1010. The van der Waals surface area contributed by atoms with Crippen molar-refractivity contribution in [1.82, 2.24) is 0 Å². The number of fused-ring (bicyclic) bond motifs is 1. The molecule has 2 aromatic carbocycles. The number of aryl methyl sites for hydroxylation is 1. The van der Waals surface area contributed by atoms with Crippen molar-refractivity contribution in [2.24, 2.45) is 0 Å². The average Bonchev–Trinajstić information content (AvgIpc) is 2.88. The van der Waals surface area contributed by atoms with E-state index in [2.05, 4.69) is 19.9 Å². The van der Waals surface area contributed by atoms with Crippen molar-refractivity contribution in [3.63, 3.8) is 0 Å². The zero-order valence-electron chi connectivity index (χ0n) is 22.9. The fourth-order valence-corrected chi connectivity index (χ4v) is 4.55. The normalized spacial score (nSPS) is 12.4. The number of anilines is 1. The number of unbranched alkanes of at least 4 members (excludes halogenated alkanes) is 4. The summed E-state index contributed by atoms with van der Waals surface area (Å²) in [4.78, 5) is 5.84. The van der Waals surface area contributed by atoms with E-state index in [1.165, 1.54) is 18.5 Å². The fourth-order valence-electron chi connectivity index (χ4n) is 4.55. The number of hydroxylamine groups is 1. The molecule has 2 radical (unpaired) electrons. The van der Waals surface area contributed by atoms with Crippen molar-refractivity contribution in [3.8, 4) is 28.7 Å². The zero-order valence-corrected chi connectivity index (χ0v) is 27.0. The van der Waals surface area contributed by atoms with E-state index < -0.39 is 0 Å². The number of rotatable bonds is 14. The second-order valence-electron chi connectivity index (χ2n) is 8.83. The first-order valence-electron chi connectivity index (χ1n) is 12.8. The summed E-state index contributed by atoms with van der Waals surface area (Å²) in [5.41, 5.74) is 4.28. The third kappa shape index (κ3) is 7.25. The predicted molar refractivity (Wildman–Crippen MR) is 150 cm³/mol. The Morgan fingerprint density at radius 1 is 0.750 bits per heavy atom. The number of allylic oxidation sites excluding steroid dienone is 2. The average molecular weight is 604 g/mol. The van der Waals surface area contributed by atoms with E-state index in [1.807, 2.05) is 29.3 Å². The number of hydrogen-bond acceptors (Lipinski definition) is 6. The molecule has 0 aromatic heterocycles. The second kappa shape index (κ2) is 15.3. The van der Waals surface area contributed by atoms with Gasteiger partial charge in [0, 0.05) is 35.0 Å². The van der Waals surface area contributed by atoms with E-state index in [-0.39, 0.29) is 23.9 Å². The fraction of sp³-hybridized carbons (Fsp3) is 0.517. The van der Waals surface area contributed by atoms with Crippen LogP contribution in [0.3, 0.4) is 0 Å². The molecule has 3 rings (SSSR count). The molecule has 0 N–H and O–H groups in total.